The predicted octanol–water partition coefficient (Wildman–Crippen LogP) is 5.01. The molecule has 0 fully saturated rings. The lowest BCUT2D eigenvalue weighted by molar-refractivity contribution is 0.626. The minimum Gasteiger partial charge on any atom is -0.288 e. The third-order valence-corrected chi connectivity index (χ3v) is 4.70. The zero-order valence-corrected chi connectivity index (χ0v) is 15.3. The Morgan fingerprint density at radius 3 is 2.54 bits per heavy atom. The summed E-state index contributed by atoms with van der Waals surface area (Å²) in [5.41, 5.74) is 1.61. The molecule has 0 unspecified atom stereocenters. The zero-order chi connectivity index (χ0) is 18.1. The van der Waals surface area contributed by atoms with Crippen LogP contribution in [0, 0.1) is 5.82 Å². The van der Waals surface area contributed by atoms with Gasteiger partial charge in [0, 0.05) is 4.47 Å². The minimum absolute atomic E-state index is 0.186. The van der Waals surface area contributed by atoms with Crippen LogP contribution in [0.2, 0.25) is 0 Å². The predicted molar refractivity (Wildman–Crippen MR) is 105 cm³/mol. The van der Waals surface area contributed by atoms with E-state index in [0.717, 1.165) is 10.0 Å². The molecule has 3 aromatic carbocycles. The van der Waals surface area contributed by atoms with Gasteiger partial charge in [-0.1, -0.05) is 52.3 Å². The highest BCUT2D eigenvalue weighted by molar-refractivity contribution is 9.10. The second kappa shape index (κ2) is 6.84. The molecule has 1 heterocycles. The summed E-state index contributed by atoms with van der Waals surface area (Å²) in [6.07, 6.45) is 0. The van der Waals surface area contributed by atoms with E-state index in [1.54, 1.807) is 36.4 Å². The van der Waals surface area contributed by atoms with E-state index in [1.807, 2.05) is 30.3 Å². The lowest BCUT2D eigenvalue weighted by Gasteiger charge is -2.14. The first-order valence-corrected chi connectivity index (χ1v) is 8.92. The number of para-hydroxylation sites is 1. The molecule has 4 aromatic rings. The molecule has 0 amide bonds. The van der Waals surface area contributed by atoms with Crippen molar-refractivity contribution in [2.24, 2.45) is 0 Å². The molecule has 0 radical (unpaired) electrons. The number of benzene rings is 3. The van der Waals surface area contributed by atoms with Crippen molar-refractivity contribution in [3.05, 3.63) is 99.0 Å². The number of aromatic nitrogens is 2. The van der Waals surface area contributed by atoms with Crippen molar-refractivity contribution in [3.8, 4) is 11.4 Å². The summed E-state index contributed by atoms with van der Waals surface area (Å²) in [7, 11) is 0. The van der Waals surface area contributed by atoms with Gasteiger partial charge in [-0.15, -0.1) is 0 Å². The Labute approximate surface area is 157 Å². The van der Waals surface area contributed by atoms with Crippen LogP contribution in [0.1, 0.15) is 5.56 Å². The van der Waals surface area contributed by atoms with Crippen molar-refractivity contribution in [1.29, 1.82) is 0 Å². The van der Waals surface area contributed by atoms with Gasteiger partial charge in [-0.2, -0.15) is 0 Å². The summed E-state index contributed by atoms with van der Waals surface area (Å²) < 4.78 is 16.9. The van der Waals surface area contributed by atoms with Crippen LogP contribution < -0.4 is 5.56 Å². The SMILES string of the molecule is O=c1c2ccccc2nc(-c2ccccc2F)n1Cc1cccc(Br)c1. The molecule has 0 atom stereocenters. The Bertz CT molecular complexity index is 1170. The second-order valence-electron chi connectivity index (χ2n) is 5.95. The molecule has 0 bridgehead atoms. The Morgan fingerprint density at radius 2 is 1.73 bits per heavy atom. The van der Waals surface area contributed by atoms with Gasteiger partial charge in [0.2, 0.25) is 0 Å². The van der Waals surface area contributed by atoms with Gasteiger partial charge in [0.15, 0.2) is 0 Å². The Kier molecular flexibility index (Phi) is 4.39. The van der Waals surface area contributed by atoms with Gasteiger partial charge in [-0.05, 0) is 42.0 Å². The standard InChI is InChI=1S/C21H14BrFN2O/c22-15-7-5-6-14(12-15)13-25-20(16-8-1-3-10-18(16)23)24-19-11-4-2-9-17(19)21(25)26/h1-12H,13H2. The normalized spacial score (nSPS) is 11.0. The van der Waals surface area contributed by atoms with Gasteiger partial charge in [0.1, 0.15) is 11.6 Å². The molecular formula is C21H14BrFN2O. The maximum absolute atomic E-state index is 14.4. The van der Waals surface area contributed by atoms with Crippen LogP contribution in [0.25, 0.3) is 22.3 Å². The van der Waals surface area contributed by atoms with Crippen molar-refractivity contribution in [2.45, 2.75) is 6.54 Å². The average molecular weight is 409 g/mol. The van der Waals surface area contributed by atoms with Gasteiger partial charge in [0.25, 0.3) is 5.56 Å². The first-order valence-electron chi connectivity index (χ1n) is 8.12. The second-order valence-corrected chi connectivity index (χ2v) is 6.87. The van der Waals surface area contributed by atoms with Crippen LogP contribution in [0.4, 0.5) is 4.39 Å². The fourth-order valence-electron chi connectivity index (χ4n) is 2.98. The van der Waals surface area contributed by atoms with Gasteiger partial charge in [-0.3, -0.25) is 9.36 Å². The van der Waals surface area contributed by atoms with E-state index < -0.39 is 5.82 Å². The lowest BCUT2D eigenvalue weighted by Crippen LogP contribution is -2.24. The number of rotatable bonds is 3. The van der Waals surface area contributed by atoms with E-state index in [4.69, 9.17) is 0 Å². The fraction of sp³-hybridized carbons (Fsp3) is 0.0476. The monoisotopic (exact) mass is 408 g/mol. The van der Waals surface area contributed by atoms with Crippen LogP contribution in [0.3, 0.4) is 0 Å². The Hall–Kier alpha value is -2.79. The number of fused-ring (bicyclic) bond motifs is 1. The Morgan fingerprint density at radius 1 is 0.962 bits per heavy atom. The summed E-state index contributed by atoms with van der Waals surface area (Å²) in [6, 6.07) is 21.2. The van der Waals surface area contributed by atoms with E-state index in [9.17, 15) is 9.18 Å². The number of nitrogens with zero attached hydrogens (tertiary/aromatic N) is 2. The molecule has 0 spiro atoms. The van der Waals surface area contributed by atoms with Crippen LogP contribution in [-0.4, -0.2) is 9.55 Å². The molecule has 0 aliphatic carbocycles. The van der Waals surface area contributed by atoms with Crippen molar-refractivity contribution in [2.75, 3.05) is 0 Å². The average Bonchev–Trinajstić information content (AvgIpc) is 2.65. The largest absolute Gasteiger partial charge is 0.288 e. The van der Waals surface area contributed by atoms with E-state index in [1.165, 1.54) is 10.6 Å². The minimum atomic E-state index is -0.405. The quantitative estimate of drug-likeness (QED) is 0.477. The fourth-order valence-corrected chi connectivity index (χ4v) is 3.43. The van der Waals surface area contributed by atoms with Gasteiger partial charge in [0.05, 0.1) is 23.0 Å². The highest BCUT2D eigenvalue weighted by atomic mass is 79.9. The van der Waals surface area contributed by atoms with Crippen LogP contribution in [-0.2, 0) is 6.54 Å². The van der Waals surface area contributed by atoms with E-state index >= 15 is 0 Å². The first kappa shape index (κ1) is 16.7. The van der Waals surface area contributed by atoms with Crippen LogP contribution >= 0.6 is 15.9 Å². The first-order chi connectivity index (χ1) is 12.6. The van der Waals surface area contributed by atoms with E-state index in [0.29, 0.717) is 28.8 Å². The molecule has 0 aliphatic rings. The summed E-state index contributed by atoms with van der Waals surface area (Å²) in [4.78, 5) is 17.7. The third-order valence-electron chi connectivity index (χ3n) is 4.21. The number of hydrogen-bond donors (Lipinski definition) is 0. The molecule has 4 rings (SSSR count). The van der Waals surface area contributed by atoms with Gasteiger partial charge in [-0.25, -0.2) is 9.37 Å². The third kappa shape index (κ3) is 3.06. The lowest BCUT2D eigenvalue weighted by atomic mass is 10.1. The van der Waals surface area contributed by atoms with Gasteiger partial charge < -0.3 is 0 Å². The maximum atomic E-state index is 14.4. The molecule has 26 heavy (non-hydrogen) atoms. The molecule has 0 N–H and O–H groups in total. The van der Waals surface area contributed by atoms with Gasteiger partial charge >= 0.3 is 0 Å². The summed E-state index contributed by atoms with van der Waals surface area (Å²) in [5, 5.41) is 0.516. The highest BCUT2D eigenvalue weighted by Gasteiger charge is 2.15. The molecule has 0 aliphatic heterocycles. The van der Waals surface area contributed by atoms with E-state index in [2.05, 4.69) is 20.9 Å². The van der Waals surface area contributed by atoms with E-state index in [-0.39, 0.29) is 5.56 Å². The smallest absolute Gasteiger partial charge is 0.261 e. The number of halogens is 2. The van der Waals surface area contributed by atoms with Crippen molar-refractivity contribution in [3.63, 3.8) is 0 Å². The Balaban J connectivity index is 2.00. The zero-order valence-electron chi connectivity index (χ0n) is 13.7. The summed E-state index contributed by atoms with van der Waals surface area (Å²) in [5.74, 6) is -0.0792. The molecule has 0 saturated carbocycles. The molecule has 1 aromatic heterocycles. The molecule has 5 heteroatoms. The van der Waals surface area contributed by atoms with Crippen molar-refractivity contribution in [1.82, 2.24) is 9.55 Å². The van der Waals surface area contributed by atoms with Crippen molar-refractivity contribution >= 4 is 26.8 Å². The summed E-state index contributed by atoms with van der Waals surface area (Å²) in [6.45, 7) is 0.305. The highest BCUT2D eigenvalue weighted by Crippen LogP contribution is 2.23. The molecule has 128 valence electrons. The topological polar surface area (TPSA) is 34.9 Å². The molecule has 0 saturated heterocycles. The van der Waals surface area contributed by atoms with Crippen LogP contribution in [0.15, 0.2) is 82.1 Å². The maximum Gasteiger partial charge on any atom is 0.261 e. The molecular weight excluding hydrogens is 395 g/mol. The molecule has 3 nitrogen and oxygen atoms in total. The van der Waals surface area contributed by atoms with Crippen LogP contribution in [0.5, 0.6) is 0 Å². The number of hydrogen-bond acceptors (Lipinski definition) is 2. The van der Waals surface area contributed by atoms with Crippen molar-refractivity contribution < 1.29 is 4.39 Å². The summed E-state index contributed by atoms with van der Waals surface area (Å²) >= 11 is 3.45.